The number of amides is 1. The molecule has 18 heavy (non-hydrogen) atoms. The van der Waals surface area contributed by atoms with E-state index < -0.39 is 0 Å². The molecule has 0 aliphatic carbocycles. The lowest BCUT2D eigenvalue weighted by molar-refractivity contribution is -0.116. The average Bonchev–Trinajstić information content (AvgIpc) is 2.41. The van der Waals surface area contributed by atoms with E-state index in [0.29, 0.717) is 6.42 Å². The fraction of sp³-hybridized carbons (Fsp3) is 0.500. The van der Waals surface area contributed by atoms with Crippen LogP contribution in [0.4, 0.5) is 11.4 Å². The van der Waals surface area contributed by atoms with Gasteiger partial charge in [-0.25, -0.2) is 0 Å². The first kappa shape index (κ1) is 12.9. The molecule has 1 aromatic rings. The second kappa shape index (κ2) is 6.40. The number of carbonyl (C=O) groups excluding carboxylic acids is 1. The normalized spacial score (nSPS) is 15.5. The molecule has 4 nitrogen and oxygen atoms in total. The molecule has 98 valence electrons. The van der Waals surface area contributed by atoms with Crippen LogP contribution in [0.3, 0.4) is 0 Å². The van der Waals surface area contributed by atoms with Crippen molar-refractivity contribution >= 4 is 17.3 Å². The van der Waals surface area contributed by atoms with Crippen LogP contribution in [0.5, 0.6) is 0 Å². The van der Waals surface area contributed by atoms with E-state index >= 15 is 0 Å². The molecule has 1 heterocycles. The van der Waals surface area contributed by atoms with Crippen molar-refractivity contribution in [2.24, 2.45) is 0 Å². The highest BCUT2D eigenvalue weighted by atomic mass is 16.1. The second-order valence-corrected chi connectivity index (χ2v) is 4.58. The quantitative estimate of drug-likeness (QED) is 0.853. The van der Waals surface area contributed by atoms with Gasteiger partial charge in [-0.05, 0) is 30.7 Å². The Morgan fingerprint density at radius 3 is 2.56 bits per heavy atom. The van der Waals surface area contributed by atoms with Crippen LogP contribution in [0.2, 0.25) is 0 Å². The minimum absolute atomic E-state index is 0.0902. The lowest BCUT2D eigenvalue weighted by atomic mass is 10.2. The van der Waals surface area contributed by atoms with Gasteiger partial charge in [-0.15, -0.1) is 0 Å². The lowest BCUT2D eigenvalue weighted by Crippen LogP contribution is -2.43. The van der Waals surface area contributed by atoms with Crippen LogP contribution in [0.15, 0.2) is 24.3 Å². The minimum atomic E-state index is 0.0902. The summed E-state index contributed by atoms with van der Waals surface area (Å²) < 4.78 is 0. The van der Waals surface area contributed by atoms with Gasteiger partial charge in [0.05, 0.1) is 0 Å². The maximum Gasteiger partial charge on any atom is 0.224 e. The minimum Gasteiger partial charge on any atom is -0.369 e. The maximum atomic E-state index is 11.5. The standard InChI is InChI=1S/C14H21N3O/c1-2-3-14(18)16-12-4-6-13(7-5-12)17-10-8-15-9-11-17/h4-7,15H,2-3,8-11H2,1H3,(H,16,18). The summed E-state index contributed by atoms with van der Waals surface area (Å²) in [5, 5.41) is 6.24. The van der Waals surface area contributed by atoms with Crippen LogP contribution < -0.4 is 15.5 Å². The predicted molar refractivity (Wildman–Crippen MR) is 75.1 cm³/mol. The van der Waals surface area contributed by atoms with Crippen LogP contribution in [-0.2, 0) is 4.79 Å². The number of nitrogens with one attached hydrogen (secondary N) is 2. The number of hydrogen-bond acceptors (Lipinski definition) is 3. The fourth-order valence-electron chi connectivity index (χ4n) is 2.13. The molecule has 0 saturated carbocycles. The van der Waals surface area contributed by atoms with Gasteiger partial charge in [0, 0.05) is 44.0 Å². The Labute approximate surface area is 108 Å². The molecule has 0 radical (unpaired) electrons. The van der Waals surface area contributed by atoms with Crippen molar-refractivity contribution < 1.29 is 4.79 Å². The molecule has 2 rings (SSSR count). The van der Waals surface area contributed by atoms with Crippen molar-refractivity contribution in [2.45, 2.75) is 19.8 Å². The first-order valence-corrected chi connectivity index (χ1v) is 6.65. The van der Waals surface area contributed by atoms with Crippen LogP contribution in [0.25, 0.3) is 0 Å². The molecule has 0 aromatic heterocycles. The van der Waals surface area contributed by atoms with E-state index in [9.17, 15) is 4.79 Å². The SMILES string of the molecule is CCCC(=O)Nc1ccc(N2CCNCC2)cc1. The molecule has 4 heteroatoms. The Morgan fingerprint density at radius 1 is 1.28 bits per heavy atom. The van der Waals surface area contributed by atoms with Crippen molar-refractivity contribution in [3.8, 4) is 0 Å². The third-order valence-electron chi connectivity index (χ3n) is 3.11. The number of piperazine rings is 1. The molecule has 1 aliphatic rings. The molecular weight excluding hydrogens is 226 g/mol. The number of hydrogen-bond donors (Lipinski definition) is 2. The van der Waals surface area contributed by atoms with Gasteiger partial charge in [0.1, 0.15) is 0 Å². The van der Waals surface area contributed by atoms with Crippen LogP contribution in [-0.4, -0.2) is 32.1 Å². The smallest absolute Gasteiger partial charge is 0.224 e. The largest absolute Gasteiger partial charge is 0.369 e. The zero-order valence-electron chi connectivity index (χ0n) is 10.9. The molecule has 0 spiro atoms. The van der Waals surface area contributed by atoms with Gasteiger partial charge in [0.2, 0.25) is 5.91 Å². The molecular formula is C14H21N3O. The van der Waals surface area contributed by atoms with Crippen LogP contribution >= 0.6 is 0 Å². The highest BCUT2D eigenvalue weighted by Crippen LogP contribution is 2.18. The summed E-state index contributed by atoms with van der Waals surface area (Å²) in [6.07, 6.45) is 1.46. The van der Waals surface area contributed by atoms with Crippen molar-refractivity contribution in [1.29, 1.82) is 0 Å². The summed E-state index contributed by atoms with van der Waals surface area (Å²) in [6.45, 7) is 6.17. The number of anilines is 2. The van der Waals surface area contributed by atoms with E-state index in [1.54, 1.807) is 0 Å². The molecule has 0 atom stereocenters. The van der Waals surface area contributed by atoms with Gasteiger partial charge >= 0.3 is 0 Å². The summed E-state index contributed by atoms with van der Waals surface area (Å²) in [6, 6.07) is 8.11. The first-order valence-electron chi connectivity index (χ1n) is 6.65. The summed E-state index contributed by atoms with van der Waals surface area (Å²) in [5.41, 5.74) is 2.11. The van der Waals surface area contributed by atoms with Gasteiger partial charge in [-0.1, -0.05) is 6.92 Å². The van der Waals surface area contributed by atoms with E-state index in [-0.39, 0.29) is 5.91 Å². The Balaban J connectivity index is 1.94. The van der Waals surface area contributed by atoms with E-state index in [4.69, 9.17) is 0 Å². The number of rotatable bonds is 4. The number of nitrogens with zero attached hydrogens (tertiary/aromatic N) is 1. The third-order valence-corrected chi connectivity index (χ3v) is 3.11. The second-order valence-electron chi connectivity index (χ2n) is 4.58. The van der Waals surface area contributed by atoms with Gasteiger partial charge in [0.25, 0.3) is 0 Å². The Kier molecular flexibility index (Phi) is 4.59. The number of benzene rings is 1. The van der Waals surface area contributed by atoms with Crippen molar-refractivity contribution in [1.82, 2.24) is 5.32 Å². The highest BCUT2D eigenvalue weighted by molar-refractivity contribution is 5.90. The Morgan fingerprint density at radius 2 is 1.94 bits per heavy atom. The van der Waals surface area contributed by atoms with Gasteiger partial charge in [0.15, 0.2) is 0 Å². The van der Waals surface area contributed by atoms with Gasteiger partial charge < -0.3 is 15.5 Å². The van der Waals surface area contributed by atoms with Crippen LogP contribution in [0, 0.1) is 0 Å². The third kappa shape index (κ3) is 3.47. The van der Waals surface area contributed by atoms with E-state index in [1.165, 1.54) is 5.69 Å². The zero-order chi connectivity index (χ0) is 12.8. The summed E-state index contributed by atoms with van der Waals surface area (Å²) in [4.78, 5) is 13.8. The number of carbonyl (C=O) groups is 1. The van der Waals surface area contributed by atoms with Crippen molar-refractivity contribution in [3.05, 3.63) is 24.3 Å². The molecule has 0 bridgehead atoms. The topological polar surface area (TPSA) is 44.4 Å². The summed E-state index contributed by atoms with van der Waals surface area (Å²) in [5.74, 6) is 0.0902. The maximum absolute atomic E-state index is 11.5. The zero-order valence-corrected chi connectivity index (χ0v) is 10.9. The molecule has 2 N–H and O–H groups in total. The predicted octanol–water partition coefficient (Wildman–Crippen LogP) is 1.83. The van der Waals surface area contributed by atoms with Crippen molar-refractivity contribution in [2.75, 3.05) is 36.4 Å². The molecule has 0 unspecified atom stereocenters. The van der Waals surface area contributed by atoms with Gasteiger partial charge in [-0.2, -0.15) is 0 Å². The molecule has 1 amide bonds. The Bertz CT molecular complexity index is 383. The van der Waals surface area contributed by atoms with E-state index in [1.807, 2.05) is 19.1 Å². The highest BCUT2D eigenvalue weighted by Gasteiger charge is 2.10. The fourth-order valence-corrected chi connectivity index (χ4v) is 2.13. The molecule has 1 aromatic carbocycles. The molecule has 1 saturated heterocycles. The Hall–Kier alpha value is -1.55. The van der Waals surface area contributed by atoms with E-state index in [0.717, 1.165) is 38.3 Å². The van der Waals surface area contributed by atoms with Crippen LogP contribution in [0.1, 0.15) is 19.8 Å². The van der Waals surface area contributed by atoms with E-state index in [2.05, 4.69) is 27.7 Å². The molecule has 1 fully saturated rings. The molecule has 1 aliphatic heterocycles. The first-order chi connectivity index (χ1) is 8.79. The lowest BCUT2D eigenvalue weighted by Gasteiger charge is -2.29. The average molecular weight is 247 g/mol. The monoisotopic (exact) mass is 247 g/mol. The summed E-state index contributed by atoms with van der Waals surface area (Å²) in [7, 11) is 0. The van der Waals surface area contributed by atoms with Crippen molar-refractivity contribution in [3.63, 3.8) is 0 Å². The van der Waals surface area contributed by atoms with Gasteiger partial charge in [-0.3, -0.25) is 4.79 Å². The summed E-state index contributed by atoms with van der Waals surface area (Å²) >= 11 is 0.